The molecule has 0 bridgehead atoms. The number of hydrogen-bond donors (Lipinski definition) is 0. The highest BCUT2D eigenvalue weighted by Gasteiger charge is 2.37. The van der Waals surface area contributed by atoms with Gasteiger partial charge >= 0.3 is 0 Å². The molecule has 0 spiro atoms. The molecule has 1 aromatic heterocycles. The number of aryl methyl sites for hydroxylation is 1. The number of carbonyl (C=O) groups is 2. The fraction of sp³-hybridized carbons (Fsp3) is 0.400. The lowest BCUT2D eigenvalue weighted by molar-refractivity contribution is -0.310. The predicted molar refractivity (Wildman–Crippen MR) is 86.8 cm³/mol. The van der Waals surface area contributed by atoms with Crippen molar-refractivity contribution in [2.24, 2.45) is 0 Å². The quantitative estimate of drug-likeness (QED) is 0.584. The van der Waals surface area contributed by atoms with Crippen LogP contribution in [-0.4, -0.2) is 27.1 Å². The van der Waals surface area contributed by atoms with Crippen molar-refractivity contribution in [2.45, 2.75) is 39.2 Å². The van der Waals surface area contributed by atoms with Crippen LogP contribution in [0, 0.1) is 6.92 Å². The summed E-state index contributed by atoms with van der Waals surface area (Å²) in [5.41, 5.74) is 0. The van der Waals surface area contributed by atoms with Gasteiger partial charge in [0.2, 0.25) is 0 Å². The van der Waals surface area contributed by atoms with Crippen LogP contribution < -0.4 is 5.11 Å². The zero-order valence-corrected chi connectivity index (χ0v) is 14.0. The molecule has 0 radical (unpaired) electrons. The van der Waals surface area contributed by atoms with E-state index in [-0.39, 0.29) is 4.32 Å². The maximum Gasteiger partial charge on any atom is 0.266 e. The van der Waals surface area contributed by atoms with Crippen LogP contribution in [0.1, 0.15) is 37.7 Å². The number of carboxylic acids is 1. The number of thiocarbonyl (C=S) groups is 1. The summed E-state index contributed by atoms with van der Waals surface area (Å²) in [7, 11) is 0. The average Bonchev–Trinajstić information content (AvgIpc) is 2.97. The van der Waals surface area contributed by atoms with E-state index in [0.29, 0.717) is 23.5 Å². The van der Waals surface area contributed by atoms with E-state index in [1.807, 2.05) is 6.92 Å². The Balaban J connectivity index is 2.23. The van der Waals surface area contributed by atoms with Crippen molar-refractivity contribution in [3.8, 4) is 0 Å². The van der Waals surface area contributed by atoms with E-state index in [4.69, 9.17) is 16.6 Å². The van der Waals surface area contributed by atoms with Crippen LogP contribution in [0.5, 0.6) is 0 Å². The van der Waals surface area contributed by atoms with Crippen molar-refractivity contribution in [3.05, 3.63) is 28.6 Å². The first-order valence-corrected chi connectivity index (χ1v) is 8.21. The second kappa shape index (κ2) is 7.11. The Hall–Kier alpha value is -1.60. The Kier molecular flexibility index (Phi) is 5.42. The first-order chi connectivity index (χ1) is 10.4. The molecule has 22 heavy (non-hydrogen) atoms. The van der Waals surface area contributed by atoms with E-state index in [9.17, 15) is 14.7 Å². The van der Waals surface area contributed by atoms with Crippen LogP contribution in [0.3, 0.4) is 0 Å². The summed E-state index contributed by atoms with van der Waals surface area (Å²) >= 11 is 6.25. The highest BCUT2D eigenvalue weighted by atomic mass is 32.2. The van der Waals surface area contributed by atoms with Gasteiger partial charge in [0.05, 0.1) is 16.9 Å². The molecule has 1 atom stereocenters. The molecule has 118 valence electrons. The van der Waals surface area contributed by atoms with Gasteiger partial charge < -0.3 is 14.3 Å². The Labute approximate surface area is 138 Å². The lowest BCUT2D eigenvalue weighted by Crippen LogP contribution is -2.49. The highest BCUT2D eigenvalue weighted by molar-refractivity contribution is 8.26. The fourth-order valence-electron chi connectivity index (χ4n) is 2.16. The number of aliphatic carboxylic acids is 1. The van der Waals surface area contributed by atoms with Gasteiger partial charge in [0, 0.05) is 6.08 Å². The molecule has 2 heterocycles. The number of carboxylic acid groups (broad SMARTS) is 1. The first kappa shape index (κ1) is 16.8. The van der Waals surface area contributed by atoms with Crippen LogP contribution in [0.2, 0.25) is 0 Å². The Morgan fingerprint density at radius 3 is 2.82 bits per heavy atom. The fourth-order valence-corrected chi connectivity index (χ4v) is 3.50. The molecular formula is C15H16NO4S2-. The molecule has 2 rings (SSSR count). The van der Waals surface area contributed by atoms with E-state index in [1.165, 1.54) is 0 Å². The molecule has 1 saturated heterocycles. The first-order valence-electron chi connectivity index (χ1n) is 6.98. The van der Waals surface area contributed by atoms with Crippen molar-refractivity contribution >= 4 is 46.3 Å². The maximum atomic E-state index is 12.5. The molecule has 1 aliphatic heterocycles. The Morgan fingerprint density at radius 1 is 1.55 bits per heavy atom. The third-order valence-electron chi connectivity index (χ3n) is 3.27. The SMILES string of the molecule is CCCC[C@H](C(=O)[O-])N1C(=O)/C(=C\c2ccc(C)o2)SC1=S. The van der Waals surface area contributed by atoms with Gasteiger partial charge in [-0.3, -0.25) is 9.69 Å². The summed E-state index contributed by atoms with van der Waals surface area (Å²) in [5.74, 6) is -0.414. The molecule has 5 nitrogen and oxygen atoms in total. The van der Waals surface area contributed by atoms with Crippen LogP contribution in [-0.2, 0) is 9.59 Å². The summed E-state index contributed by atoms with van der Waals surface area (Å²) in [4.78, 5) is 25.3. The van der Waals surface area contributed by atoms with E-state index in [1.54, 1.807) is 25.1 Å². The number of rotatable bonds is 6. The predicted octanol–water partition coefficient (Wildman–Crippen LogP) is 2.10. The third-order valence-corrected chi connectivity index (χ3v) is 4.60. The molecular weight excluding hydrogens is 322 g/mol. The number of unbranched alkanes of at least 4 members (excludes halogenated alkanes) is 1. The average molecular weight is 338 g/mol. The van der Waals surface area contributed by atoms with Gasteiger partial charge in [0.15, 0.2) is 0 Å². The second-order valence-corrected chi connectivity index (χ2v) is 6.65. The summed E-state index contributed by atoms with van der Waals surface area (Å²) in [6, 6.07) is 2.52. The van der Waals surface area contributed by atoms with Crippen molar-refractivity contribution in [1.29, 1.82) is 0 Å². The number of nitrogens with zero attached hydrogens (tertiary/aromatic N) is 1. The van der Waals surface area contributed by atoms with Crippen LogP contribution in [0.4, 0.5) is 0 Å². The van der Waals surface area contributed by atoms with Crippen LogP contribution >= 0.6 is 24.0 Å². The van der Waals surface area contributed by atoms with Gasteiger partial charge in [-0.2, -0.15) is 0 Å². The van der Waals surface area contributed by atoms with Crippen molar-refractivity contribution in [1.82, 2.24) is 4.90 Å². The smallest absolute Gasteiger partial charge is 0.266 e. The molecule has 1 aromatic rings. The lowest BCUT2D eigenvalue weighted by atomic mass is 10.1. The van der Waals surface area contributed by atoms with Crippen molar-refractivity contribution in [3.63, 3.8) is 0 Å². The molecule has 7 heteroatoms. The standard InChI is InChI=1S/C15H17NO4S2/c1-3-4-5-11(14(18)19)16-13(17)12(22-15(16)21)8-10-7-6-9(2)20-10/h6-8,11H,3-5H2,1-2H3,(H,18,19)/p-1/b12-8+/t11-/m1/s1. The van der Waals surface area contributed by atoms with Crippen LogP contribution in [0.25, 0.3) is 6.08 Å². The zero-order chi connectivity index (χ0) is 16.3. The van der Waals surface area contributed by atoms with E-state index in [0.717, 1.165) is 28.8 Å². The lowest BCUT2D eigenvalue weighted by Gasteiger charge is -2.27. The van der Waals surface area contributed by atoms with E-state index >= 15 is 0 Å². The normalized spacial score (nSPS) is 18.3. The maximum absolute atomic E-state index is 12.5. The third kappa shape index (κ3) is 3.59. The Morgan fingerprint density at radius 2 is 2.27 bits per heavy atom. The zero-order valence-electron chi connectivity index (χ0n) is 12.3. The van der Waals surface area contributed by atoms with Crippen molar-refractivity contribution < 1.29 is 19.1 Å². The summed E-state index contributed by atoms with van der Waals surface area (Å²) < 4.78 is 5.65. The van der Waals surface area contributed by atoms with E-state index in [2.05, 4.69) is 0 Å². The number of thioether (sulfide) groups is 1. The highest BCUT2D eigenvalue weighted by Crippen LogP contribution is 2.35. The molecule has 0 N–H and O–H groups in total. The number of hydrogen-bond acceptors (Lipinski definition) is 6. The van der Waals surface area contributed by atoms with Gasteiger partial charge in [-0.25, -0.2) is 0 Å². The Bertz CT molecular complexity index is 635. The summed E-state index contributed by atoms with van der Waals surface area (Å²) in [6.45, 7) is 3.76. The molecule has 0 saturated carbocycles. The van der Waals surface area contributed by atoms with Gasteiger partial charge in [-0.15, -0.1) is 0 Å². The monoisotopic (exact) mass is 338 g/mol. The number of carbonyl (C=O) groups excluding carboxylic acids is 2. The minimum atomic E-state index is -1.28. The molecule has 1 amide bonds. The molecule has 1 aliphatic rings. The van der Waals surface area contributed by atoms with Gasteiger partial charge in [-0.05, 0) is 25.5 Å². The molecule has 0 aromatic carbocycles. The van der Waals surface area contributed by atoms with E-state index < -0.39 is 17.9 Å². The number of furan rings is 1. The second-order valence-electron chi connectivity index (χ2n) is 4.98. The number of amides is 1. The molecule has 0 aliphatic carbocycles. The van der Waals surface area contributed by atoms with Gasteiger partial charge in [0.1, 0.15) is 15.8 Å². The minimum absolute atomic E-state index is 0.241. The van der Waals surface area contributed by atoms with Gasteiger partial charge in [-0.1, -0.05) is 43.7 Å². The minimum Gasteiger partial charge on any atom is -0.548 e. The topological polar surface area (TPSA) is 73.6 Å². The van der Waals surface area contributed by atoms with Crippen LogP contribution in [0.15, 0.2) is 21.5 Å². The summed E-state index contributed by atoms with van der Waals surface area (Å²) in [6.07, 6.45) is 3.43. The summed E-state index contributed by atoms with van der Waals surface area (Å²) in [5, 5.41) is 11.3. The largest absolute Gasteiger partial charge is 0.548 e. The molecule has 0 unspecified atom stereocenters. The van der Waals surface area contributed by atoms with Gasteiger partial charge in [0.25, 0.3) is 5.91 Å². The molecule has 1 fully saturated rings. The van der Waals surface area contributed by atoms with Crippen molar-refractivity contribution in [2.75, 3.05) is 0 Å².